The molecule has 0 fully saturated rings. The van der Waals surface area contributed by atoms with Crippen LogP contribution in [0.15, 0.2) is 45.6 Å². The Balaban J connectivity index is 1.46. The Labute approximate surface area is 223 Å². The lowest BCUT2D eigenvalue weighted by atomic mass is 10.0. The number of amides is 2. The van der Waals surface area contributed by atoms with Gasteiger partial charge >= 0.3 is 11.8 Å². The molecule has 0 spiro atoms. The van der Waals surface area contributed by atoms with Crippen LogP contribution in [0.5, 0.6) is 0 Å². The predicted molar refractivity (Wildman–Crippen MR) is 149 cm³/mol. The second-order valence-corrected chi connectivity index (χ2v) is 17.6. The first-order valence-corrected chi connectivity index (χ1v) is 16.6. The van der Waals surface area contributed by atoms with Crippen LogP contribution in [0.25, 0.3) is 11.1 Å². The number of fused-ring (bicyclic) bond motifs is 2. The maximum Gasteiger partial charge on any atom is 0.421 e. The summed E-state index contributed by atoms with van der Waals surface area (Å²) in [4.78, 5) is 39.7. The Morgan fingerprint density at radius 2 is 1.84 bits per heavy atom. The molecule has 4 rings (SSSR count). The summed E-state index contributed by atoms with van der Waals surface area (Å²) in [6, 6.07) is 11.7. The lowest BCUT2D eigenvalue weighted by Gasteiger charge is -2.22. The number of benzene rings is 2. The van der Waals surface area contributed by atoms with Gasteiger partial charge in [0.25, 0.3) is 5.91 Å². The molecule has 0 bridgehead atoms. The van der Waals surface area contributed by atoms with Crippen LogP contribution < -0.4 is 11.1 Å². The standard InChI is InChI=1S/C28H37N3O6Si/c1-18-21-10-9-20(29-26(33)37-28(2,3)4)15-22(21)25(32)30(18)16-19-8-11-23-24(14-19)36-27(34)31(23)17-35-12-13-38(5,6)7/h8-11,14-15,18H,12-13,16-17H2,1-7H3,(H,29,33). The van der Waals surface area contributed by atoms with E-state index in [1.54, 1.807) is 43.9 Å². The molecule has 2 aromatic carbocycles. The molecule has 0 saturated heterocycles. The van der Waals surface area contributed by atoms with Crippen molar-refractivity contribution in [2.24, 2.45) is 0 Å². The van der Waals surface area contributed by atoms with Crippen molar-refractivity contribution in [1.29, 1.82) is 0 Å². The lowest BCUT2D eigenvalue weighted by Crippen LogP contribution is -2.27. The number of carbonyl (C=O) groups excluding carboxylic acids is 2. The zero-order valence-corrected chi connectivity index (χ0v) is 24.2. The Kier molecular flexibility index (Phi) is 7.58. The van der Waals surface area contributed by atoms with E-state index < -0.39 is 25.5 Å². The molecule has 3 aromatic rings. The van der Waals surface area contributed by atoms with Gasteiger partial charge < -0.3 is 18.8 Å². The molecule has 1 N–H and O–H groups in total. The molecule has 1 aromatic heterocycles. The minimum atomic E-state index is -1.22. The number of nitrogens with one attached hydrogen (secondary N) is 1. The van der Waals surface area contributed by atoms with E-state index in [2.05, 4.69) is 25.0 Å². The van der Waals surface area contributed by atoms with Crippen molar-refractivity contribution in [2.45, 2.75) is 78.3 Å². The summed E-state index contributed by atoms with van der Waals surface area (Å²) in [5.41, 5.74) is 3.27. The maximum absolute atomic E-state index is 13.3. The smallest absolute Gasteiger partial charge is 0.421 e. The number of ether oxygens (including phenoxy) is 2. The van der Waals surface area contributed by atoms with Gasteiger partial charge in [-0.15, -0.1) is 0 Å². The minimum absolute atomic E-state index is 0.129. The molecular weight excluding hydrogens is 502 g/mol. The lowest BCUT2D eigenvalue weighted by molar-refractivity contribution is 0.0634. The normalized spacial score (nSPS) is 15.7. The van der Waals surface area contributed by atoms with E-state index in [0.717, 1.165) is 17.2 Å². The van der Waals surface area contributed by atoms with Crippen LogP contribution in [0, 0.1) is 0 Å². The van der Waals surface area contributed by atoms with Crippen LogP contribution in [0.1, 0.15) is 55.2 Å². The third-order valence-electron chi connectivity index (χ3n) is 6.41. The molecule has 0 aliphatic carbocycles. The zero-order valence-electron chi connectivity index (χ0n) is 23.2. The topological polar surface area (TPSA) is 103 Å². The molecule has 1 aliphatic rings. The first-order chi connectivity index (χ1) is 17.7. The van der Waals surface area contributed by atoms with E-state index in [1.165, 1.54) is 4.57 Å². The van der Waals surface area contributed by atoms with Crippen molar-refractivity contribution in [1.82, 2.24) is 9.47 Å². The second-order valence-electron chi connectivity index (χ2n) is 12.0. The Morgan fingerprint density at radius 1 is 1.11 bits per heavy atom. The summed E-state index contributed by atoms with van der Waals surface area (Å²) in [6.07, 6.45) is -0.573. The molecule has 2 amide bonds. The number of anilines is 1. The largest absolute Gasteiger partial charge is 0.444 e. The SMILES string of the molecule is CC1c2ccc(NC(=O)OC(C)(C)C)cc2C(=O)N1Cc1ccc2c(c1)oc(=O)n2COCC[Si](C)(C)C. The van der Waals surface area contributed by atoms with Gasteiger partial charge in [0.05, 0.1) is 11.6 Å². The first kappa shape index (κ1) is 27.7. The highest BCUT2D eigenvalue weighted by atomic mass is 28.3. The van der Waals surface area contributed by atoms with Gasteiger partial charge in [0.1, 0.15) is 12.3 Å². The molecule has 1 unspecified atom stereocenters. The van der Waals surface area contributed by atoms with Crippen molar-refractivity contribution in [3.63, 3.8) is 0 Å². The first-order valence-electron chi connectivity index (χ1n) is 12.9. The van der Waals surface area contributed by atoms with Gasteiger partial charge in [0.15, 0.2) is 5.58 Å². The van der Waals surface area contributed by atoms with Gasteiger partial charge in [-0.2, -0.15) is 0 Å². The Hall–Kier alpha value is -3.37. The summed E-state index contributed by atoms with van der Waals surface area (Å²) in [5.74, 6) is -0.594. The highest BCUT2D eigenvalue weighted by Gasteiger charge is 2.34. The molecule has 204 valence electrons. The fourth-order valence-corrected chi connectivity index (χ4v) is 5.13. The van der Waals surface area contributed by atoms with Crippen LogP contribution >= 0.6 is 0 Å². The molecule has 9 nitrogen and oxygen atoms in total. The molecular formula is C28H37N3O6Si. The maximum atomic E-state index is 13.3. The summed E-state index contributed by atoms with van der Waals surface area (Å²) in [6.45, 7) is 15.3. The molecule has 10 heteroatoms. The highest BCUT2D eigenvalue weighted by molar-refractivity contribution is 6.76. The van der Waals surface area contributed by atoms with E-state index in [0.29, 0.717) is 35.5 Å². The van der Waals surface area contributed by atoms with Crippen molar-refractivity contribution in [3.8, 4) is 0 Å². The number of hydrogen-bond donors (Lipinski definition) is 1. The summed E-state index contributed by atoms with van der Waals surface area (Å²) >= 11 is 0. The average molecular weight is 540 g/mol. The predicted octanol–water partition coefficient (Wildman–Crippen LogP) is 5.97. The second kappa shape index (κ2) is 10.4. The fourth-order valence-electron chi connectivity index (χ4n) is 4.37. The van der Waals surface area contributed by atoms with Crippen LogP contribution in [0.2, 0.25) is 25.7 Å². The molecule has 0 saturated carbocycles. The number of carbonyl (C=O) groups is 2. The summed E-state index contributed by atoms with van der Waals surface area (Å²) < 4.78 is 18.0. The summed E-state index contributed by atoms with van der Waals surface area (Å²) in [5, 5.41) is 2.70. The van der Waals surface area contributed by atoms with E-state index in [9.17, 15) is 14.4 Å². The van der Waals surface area contributed by atoms with Gasteiger partial charge in [0, 0.05) is 32.5 Å². The van der Waals surface area contributed by atoms with E-state index in [4.69, 9.17) is 13.9 Å². The quantitative estimate of drug-likeness (QED) is 0.279. The molecule has 38 heavy (non-hydrogen) atoms. The van der Waals surface area contributed by atoms with Crippen molar-refractivity contribution in [3.05, 3.63) is 63.6 Å². The van der Waals surface area contributed by atoms with Crippen molar-refractivity contribution < 1.29 is 23.5 Å². The Bertz CT molecular complexity index is 1410. The number of oxazole rings is 1. The van der Waals surface area contributed by atoms with Gasteiger partial charge in [-0.05, 0) is 69.1 Å². The molecule has 1 aliphatic heterocycles. The third-order valence-corrected chi connectivity index (χ3v) is 8.11. The Morgan fingerprint density at radius 3 is 2.53 bits per heavy atom. The number of nitrogens with zero attached hydrogens (tertiary/aromatic N) is 2. The number of aromatic nitrogens is 1. The molecule has 2 heterocycles. The van der Waals surface area contributed by atoms with Crippen LogP contribution in [0.3, 0.4) is 0 Å². The van der Waals surface area contributed by atoms with E-state index in [-0.39, 0.29) is 18.7 Å². The third kappa shape index (κ3) is 6.36. The van der Waals surface area contributed by atoms with Gasteiger partial charge in [-0.1, -0.05) is 31.8 Å². The van der Waals surface area contributed by atoms with Crippen molar-refractivity contribution >= 4 is 36.9 Å². The van der Waals surface area contributed by atoms with Gasteiger partial charge in [-0.25, -0.2) is 14.2 Å². The summed E-state index contributed by atoms with van der Waals surface area (Å²) in [7, 11) is -1.22. The minimum Gasteiger partial charge on any atom is -0.444 e. The van der Waals surface area contributed by atoms with Crippen LogP contribution in [-0.2, 0) is 22.7 Å². The van der Waals surface area contributed by atoms with E-state index >= 15 is 0 Å². The van der Waals surface area contributed by atoms with Crippen LogP contribution in [-0.4, -0.2) is 41.7 Å². The van der Waals surface area contributed by atoms with Gasteiger partial charge in [-0.3, -0.25) is 10.1 Å². The monoisotopic (exact) mass is 539 g/mol. The zero-order chi connectivity index (χ0) is 27.8. The van der Waals surface area contributed by atoms with E-state index in [1.807, 2.05) is 25.1 Å². The average Bonchev–Trinajstić information content (AvgIpc) is 3.22. The molecule has 0 radical (unpaired) electrons. The number of hydrogen-bond acceptors (Lipinski definition) is 6. The fraction of sp³-hybridized carbons (Fsp3) is 0.464. The number of rotatable bonds is 8. The van der Waals surface area contributed by atoms with Crippen LogP contribution in [0.4, 0.5) is 10.5 Å². The van der Waals surface area contributed by atoms with Crippen molar-refractivity contribution in [2.75, 3.05) is 11.9 Å². The molecule has 1 atom stereocenters. The highest BCUT2D eigenvalue weighted by Crippen LogP contribution is 2.36. The van der Waals surface area contributed by atoms with Gasteiger partial charge in [0.2, 0.25) is 0 Å².